The van der Waals surface area contributed by atoms with Crippen LogP contribution in [0.3, 0.4) is 0 Å². The summed E-state index contributed by atoms with van der Waals surface area (Å²) in [6.07, 6.45) is 1.76. The fourth-order valence-electron chi connectivity index (χ4n) is 2.03. The molecule has 2 aromatic rings. The lowest BCUT2D eigenvalue weighted by atomic mass is 10.1. The highest BCUT2D eigenvalue weighted by Gasteiger charge is 2.12. The Bertz CT molecular complexity index is 538. The van der Waals surface area contributed by atoms with Gasteiger partial charge in [-0.15, -0.1) is 0 Å². The quantitative estimate of drug-likeness (QED) is 0.822. The SMILES string of the molecule is CCc1cc(-c2ccc(O)cc2)c(C=O)n1C. The van der Waals surface area contributed by atoms with Crippen molar-refractivity contribution in [2.45, 2.75) is 13.3 Å². The number of aldehydes is 1. The van der Waals surface area contributed by atoms with E-state index >= 15 is 0 Å². The van der Waals surface area contributed by atoms with E-state index in [1.54, 1.807) is 12.1 Å². The summed E-state index contributed by atoms with van der Waals surface area (Å²) in [5.74, 6) is 0.230. The minimum Gasteiger partial charge on any atom is -0.508 e. The van der Waals surface area contributed by atoms with Crippen molar-refractivity contribution in [3.8, 4) is 16.9 Å². The van der Waals surface area contributed by atoms with E-state index in [2.05, 4.69) is 6.92 Å². The van der Waals surface area contributed by atoms with E-state index in [1.807, 2.05) is 29.8 Å². The van der Waals surface area contributed by atoms with Gasteiger partial charge in [0, 0.05) is 18.3 Å². The van der Waals surface area contributed by atoms with Crippen LogP contribution in [0.1, 0.15) is 23.1 Å². The molecular formula is C14H15NO2. The number of hydrogen-bond donors (Lipinski definition) is 1. The van der Waals surface area contributed by atoms with Crippen LogP contribution in [0.25, 0.3) is 11.1 Å². The highest BCUT2D eigenvalue weighted by molar-refractivity contribution is 5.86. The van der Waals surface area contributed by atoms with Gasteiger partial charge in [0.1, 0.15) is 5.75 Å². The van der Waals surface area contributed by atoms with Gasteiger partial charge < -0.3 is 9.67 Å². The number of aryl methyl sites for hydroxylation is 1. The number of nitrogens with zero attached hydrogens (tertiary/aromatic N) is 1. The van der Waals surface area contributed by atoms with Gasteiger partial charge in [0.25, 0.3) is 0 Å². The van der Waals surface area contributed by atoms with Gasteiger partial charge in [-0.05, 0) is 30.2 Å². The number of phenolic OH excluding ortho intramolecular Hbond substituents is 1. The number of phenols is 1. The number of aromatic nitrogens is 1. The minimum atomic E-state index is 0.230. The summed E-state index contributed by atoms with van der Waals surface area (Å²) in [5.41, 5.74) is 3.65. The zero-order chi connectivity index (χ0) is 12.4. The van der Waals surface area contributed by atoms with Crippen LogP contribution in [0.2, 0.25) is 0 Å². The van der Waals surface area contributed by atoms with E-state index < -0.39 is 0 Å². The molecule has 0 saturated heterocycles. The molecule has 1 aromatic carbocycles. The first-order valence-electron chi connectivity index (χ1n) is 5.60. The van der Waals surface area contributed by atoms with Crippen LogP contribution in [0.4, 0.5) is 0 Å². The van der Waals surface area contributed by atoms with Crippen LogP contribution >= 0.6 is 0 Å². The highest BCUT2D eigenvalue weighted by atomic mass is 16.3. The maximum absolute atomic E-state index is 11.1. The molecule has 0 spiro atoms. The highest BCUT2D eigenvalue weighted by Crippen LogP contribution is 2.27. The van der Waals surface area contributed by atoms with Gasteiger partial charge in [0.05, 0.1) is 5.69 Å². The Hall–Kier alpha value is -2.03. The molecule has 1 heterocycles. The van der Waals surface area contributed by atoms with Gasteiger partial charge in [-0.1, -0.05) is 19.1 Å². The van der Waals surface area contributed by atoms with Crippen molar-refractivity contribution in [1.82, 2.24) is 4.57 Å². The summed E-state index contributed by atoms with van der Waals surface area (Å²) in [5, 5.41) is 9.26. The Morgan fingerprint density at radius 2 is 1.94 bits per heavy atom. The third-order valence-electron chi connectivity index (χ3n) is 3.03. The number of hydrogen-bond acceptors (Lipinski definition) is 2. The van der Waals surface area contributed by atoms with Gasteiger partial charge in [-0.3, -0.25) is 4.79 Å². The molecule has 2 rings (SSSR count). The van der Waals surface area contributed by atoms with E-state index in [1.165, 1.54) is 0 Å². The largest absolute Gasteiger partial charge is 0.508 e. The summed E-state index contributed by atoms with van der Waals surface area (Å²) in [6, 6.07) is 8.91. The summed E-state index contributed by atoms with van der Waals surface area (Å²) in [7, 11) is 1.90. The number of carbonyl (C=O) groups is 1. The van der Waals surface area contributed by atoms with Crippen LogP contribution in [0, 0.1) is 0 Å². The molecule has 1 N–H and O–H groups in total. The maximum Gasteiger partial charge on any atom is 0.167 e. The second kappa shape index (κ2) is 4.45. The van der Waals surface area contributed by atoms with Crippen molar-refractivity contribution in [2.24, 2.45) is 7.05 Å². The summed E-state index contributed by atoms with van der Waals surface area (Å²) in [4.78, 5) is 11.1. The Labute approximate surface area is 100 Å². The smallest absolute Gasteiger partial charge is 0.167 e. The predicted octanol–water partition coefficient (Wildman–Crippen LogP) is 2.77. The Kier molecular flexibility index (Phi) is 3.00. The van der Waals surface area contributed by atoms with E-state index in [9.17, 15) is 9.90 Å². The van der Waals surface area contributed by atoms with E-state index in [4.69, 9.17) is 0 Å². The van der Waals surface area contributed by atoms with E-state index in [-0.39, 0.29) is 5.75 Å². The maximum atomic E-state index is 11.1. The molecule has 3 nitrogen and oxygen atoms in total. The van der Waals surface area contributed by atoms with Crippen molar-refractivity contribution >= 4 is 6.29 Å². The molecule has 17 heavy (non-hydrogen) atoms. The first-order valence-corrected chi connectivity index (χ1v) is 5.60. The molecule has 0 saturated carbocycles. The molecule has 0 amide bonds. The zero-order valence-electron chi connectivity index (χ0n) is 9.97. The fraction of sp³-hybridized carbons (Fsp3) is 0.214. The second-order valence-corrected chi connectivity index (χ2v) is 4.01. The molecule has 0 aliphatic carbocycles. The van der Waals surface area contributed by atoms with E-state index in [0.717, 1.165) is 29.5 Å². The zero-order valence-corrected chi connectivity index (χ0v) is 9.97. The van der Waals surface area contributed by atoms with Gasteiger partial charge >= 0.3 is 0 Å². The predicted molar refractivity (Wildman–Crippen MR) is 67.3 cm³/mol. The summed E-state index contributed by atoms with van der Waals surface area (Å²) < 4.78 is 1.91. The van der Waals surface area contributed by atoms with Crippen molar-refractivity contribution in [3.63, 3.8) is 0 Å². The third-order valence-corrected chi connectivity index (χ3v) is 3.03. The van der Waals surface area contributed by atoms with Crippen LogP contribution in [0.15, 0.2) is 30.3 Å². The molecular weight excluding hydrogens is 214 g/mol. The number of benzene rings is 1. The van der Waals surface area contributed by atoms with E-state index in [0.29, 0.717) is 5.69 Å². The van der Waals surface area contributed by atoms with Gasteiger partial charge in [-0.2, -0.15) is 0 Å². The molecule has 0 radical (unpaired) electrons. The molecule has 0 bridgehead atoms. The molecule has 0 aliphatic rings. The standard InChI is InChI=1S/C14H15NO2/c1-3-11-8-13(14(9-16)15(11)2)10-4-6-12(17)7-5-10/h4-9,17H,3H2,1-2H3. The lowest BCUT2D eigenvalue weighted by molar-refractivity contribution is 0.111. The van der Waals surface area contributed by atoms with Crippen molar-refractivity contribution in [2.75, 3.05) is 0 Å². The monoisotopic (exact) mass is 229 g/mol. The average Bonchev–Trinajstić information content (AvgIpc) is 2.66. The first-order chi connectivity index (χ1) is 8.17. The minimum absolute atomic E-state index is 0.230. The van der Waals surface area contributed by atoms with Gasteiger partial charge in [-0.25, -0.2) is 0 Å². The topological polar surface area (TPSA) is 42.2 Å². The summed E-state index contributed by atoms with van der Waals surface area (Å²) >= 11 is 0. The van der Waals surface area contributed by atoms with Gasteiger partial charge in [0.15, 0.2) is 6.29 Å². The van der Waals surface area contributed by atoms with Crippen LogP contribution in [-0.4, -0.2) is 16.0 Å². The molecule has 1 aromatic heterocycles. The number of carbonyl (C=O) groups excluding carboxylic acids is 1. The Morgan fingerprint density at radius 1 is 1.29 bits per heavy atom. The lowest BCUT2D eigenvalue weighted by Crippen LogP contribution is -1.99. The van der Waals surface area contributed by atoms with Crippen molar-refractivity contribution < 1.29 is 9.90 Å². The molecule has 0 aliphatic heterocycles. The normalized spacial score (nSPS) is 10.5. The van der Waals surface area contributed by atoms with Crippen LogP contribution in [-0.2, 0) is 13.5 Å². The van der Waals surface area contributed by atoms with Crippen molar-refractivity contribution in [3.05, 3.63) is 41.7 Å². The average molecular weight is 229 g/mol. The first kappa shape index (κ1) is 11.5. The second-order valence-electron chi connectivity index (χ2n) is 4.01. The number of rotatable bonds is 3. The molecule has 0 atom stereocenters. The number of aromatic hydroxyl groups is 1. The molecule has 88 valence electrons. The van der Waals surface area contributed by atoms with Crippen LogP contribution < -0.4 is 0 Å². The lowest BCUT2D eigenvalue weighted by Gasteiger charge is -2.02. The molecule has 0 unspecified atom stereocenters. The Morgan fingerprint density at radius 3 is 2.47 bits per heavy atom. The fourth-order valence-corrected chi connectivity index (χ4v) is 2.03. The third kappa shape index (κ3) is 1.96. The molecule has 3 heteroatoms. The van der Waals surface area contributed by atoms with Gasteiger partial charge in [0.2, 0.25) is 0 Å². The summed E-state index contributed by atoms with van der Waals surface area (Å²) in [6.45, 7) is 2.06. The molecule has 0 fully saturated rings. The van der Waals surface area contributed by atoms with Crippen LogP contribution in [0.5, 0.6) is 5.75 Å². The Balaban J connectivity index is 2.58. The van der Waals surface area contributed by atoms with Crippen molar-refractivity contribution in [1.29, 1.82) is 0 Å².